The van der Waals surface area contributed by atoms with Gasteiger partial charge in [-0.1, -0.05) is 0 Å². The number of carboxylic acids is 1. The first-order valence-corrected chi connectivity index (χ1v) is 7.46. The first-order valence-electron chi connectivity index (χ1n) is 6.83. The molecule has 24 heavy (non-hydrogen) atoms. The lowest BCUT2D eigenvalue weighted by Crippen LogP contribution is -2.56. The fourth-order valence-corrected chi connectivity index (χ4v) is 1.63. The van der Waals surface area contributed by atoms with E-state index in [1.54, 1.807) is 0 Å². The third-order valence-corrected chi connectivity index (χ3v) is 3.13. The minimum Gasteiger partial charge on any atom is -0.480 e. The molecule has 0 aliphatic rings. The Bertz CT molecular complexity index is 514. The smallest absolute Gasteiger partial charge is 0.322 e. The predicted octanol–water partition coefficient (Wildman–Crippen LogP) is -3.69. The van der Waals surface area contributed by atoms with Crippen LogP contribution in [0.2, 0.25) is 0 Å². The standard InChI is InChI=1S/C12H21N5O6S/c1-5(16-11(22)6(13)4-24)10(21)17-7(2-8(14)18)12(23)15-3-9(19)20/h5-7,24H,2-4,13H2,1H3,(H2,14,18)(H,15,23)(H,16,22)(H,17,21)(H,19,20). The second-order valence-electron chi connectivity index (χ2n) is 4.86. The molecule has 8 N–H and O–H groups in total. The lowest BCUT2D eigenvalue weighted by Gasteiger charge is -2.21. The maximum absolute atomic E-state index is 12.0. The zero-order valence-electron chi connectivity index (χ0n) is 12.9. The van der Waals surface area contributed by atoms with Crippen molar-refractivity contribution in [2.24, 2.45) is 11.5 Å². The van der Waals surface area contributed by atoms with Gasteiger partial charge in [0, 0.05) is 5.75 Å². The maximum Gasteiger partial charge on any atom is 0.322 e. The highest BCUT2D eigenvalue weighted by Gasteiger charge is 2.26. The summed E-state index contributed by atoms with van der Waals surface area (Å²) in [7, 11) is 0. The van der Waals surface area contributed by atoms with Crippen molar-refractivity contribution in [3.63, 3.8) is 0 Å². The van der Waals surface area contributed by atoms with Gasteiger partial charge in [-0.05, 0) is 6.92 Å². The Morgan fingerprint density at radius 2 is 1.67 bits per heavy atom. The van der Waals surface area contributed by atoms with Crippen molar-refractivity contribution in [2.45, 2.75) is 31.5 Å². The quantitative estimate of drug-likeness (QED) is 0.194. The second kappa shape index (κ2) is 10.4. The summed E-state index contributed by atoms with van der Waals surface area (Å²) in [5, 5.41) is 15.1. The van der Waals surface area contributed by atoms with Crippen molar-refractivity contribution in [1.82, 2.24) is 16.0 Å². The molecule has 3 atom stereocenters. The molecule has 136 valence electrons. The number of amides is 4. The predicted molar refractivity (Wildman–Crippen MR) is 85.8 cm³/mol. The fraction of sp³-hybridized carbons (Fsp3) is 0.583. The van der Waals surface area contributed by atoms with Crippen LogP contribution in [0.3, 0.4) is 0 Å². The van der Waals surface area contributed by atoms with E-state index in [0.717, 1.165) is 0 Å². The summed E-state index contributed by atoms with van der Waals surface area (Å²) in [5.41, 5.74) is 10.4. The third kappa shape index (κ3) is 8.33. The molecule has 0 aromatic rings. The Morgan fingerprint density at radius 3 is 2.12 bits per heavy atom. The van der Waals surface area contributed by atoms with Crippen LogP contribution in [0, 0.1) is 0 Å². The molecule has 0 aromatic carbocycles. The van der Waals surface area contributed by atoms with Crippen molar-refractivity contribution in [3.05, 3.63) is 0 Å². The van der Waals surface area contributed by atoms with Crippen LogP contribution < -0.4 is 27.4 Å². The first-order chi connectivity index (χ1) is 11.1. The van der Waals surface area contributed by atoms with E-state index in [4.69, 9.17) is 16.6 Å². The van der Waals surface area contributed by atoms with Crippen molar-refractivity contribution in [1.29, 1.82) is 0 Å². The average Bonchev–Trinajstić information content (AvgIpc) is 2.50. The number of carboxylic acid groups (broad SMARTS) is 1. The summed E-state index contributed by atoms with van der Waals surface area (Å²) in [6.45, 7) is 0.655. The number of carbonyl (C=O) groups is 5. The van der Waals surface area contributed by atoms with Crippen molar-refractivity contribution in [3.8, 4) is 0 Å². The molecule has 0 aromatic heterocycles. The van der Waals surface area contributed by atoms with Crippen molar-refractivity contribution < 1.29 is 29.1 Å². The minimum atomic E-state index is -1.37. The van der Waals surface area contributed by atoms with Gasteiger partial charge in [-0.15, -0.1) is 0 Å². The summed E-state index contributed by atoms with van der Waals surface area (Å²) in [4.78, 5) is 56.8. The van der Waals surface area contributed by atoms with Gasteiger partial charge in [0.1, 0.15) is 18.6 Å². The van der Waals surface area contributed by atoms with Crippen molar-refractivity contribution in [2.75, 3.05) is 12.3 Å². The van der Waals surface area contributed by atoms with Gasteiger partial charge in [-0.25, -0.2) is 0 Å². The van der Waals surface area contributed by atoms with Gasteiger partial charge >= 0.3 is 5.97 Å². The number of hydrogen-bond acceptors (Lipinski definition) is 7. The molecule has 0 rings (SSSR count). The lowest BCUT2D eigenvalue weighted by molar-refractivity contribution is -0.138. The minimum absolute atomic E-state index is 0.0715. The van der Waals surface area contributed by atoms with Crippen LogP contribution in [0.25, 0.3) is 0 Å². The monoisotopic (exact) mass is 363 g/mol. The lowest BCUT2D eigenvalue weighted by atomic mass is 10.1. The Balaban J connectivity index is 4.79. The van der Waals surface area contributed by atoms with Crippen LogP contribution in [0.5, 0.6) is 0 Å². The van der Waals surface area contributed by atoms with Gasteiger partial charge < -0.3 is 32.5 Å². The number of rotatable bonds is 10. The molecule has 12 heteroatoms. The normalized spacial score (nSPS) is 14.0. The highest BCUT2D eigenvalue weighted by atomic mass is 32.1. The van der Waals surface area contributed by atoms with Crippen molar-refractivity contribution >= 4 is 42.2 Å². The average molecular weight is 363 g/mol. The van der Waals surface area contributed by atoms with Gasteiger partial charge in [0.25, 0.3) is 0 Å². The number of primary amides is 1. The highest BCUT2D eigenvalue weighted by molar-refractivity contribution is 7.80. The number of thiol groups is 1. The van der Waals surface area contributed by atoms with E-state index >= 15 is 0 Å². The van der Waals surface area contributed by atoms with E-state index in [-0.39, 0.29) is 5.75 Å². The number of hydrogen-bond donors (Lipinski definition) is 7. The summed E-state index contributed by atoms with van der Waals surface area (Å²) in [6, 6.07) is -3.33. The van der Waals surface area contributed by atoms with Gasteiger partial charge in [-0.2, -0.15) is 12.6 Å². The van der Waals surface area contributed by atoms with Crippen LogP contribution in [0.1, 0.15) is 13.3 Å². The van der Waals surface area contributed by atoms with E-state index in [9.17, 15) is 24.0 Å². The number of nitrogens with one attached hydrogen (secondary N) is 3. The van der Waals surface area contributed by atoms with Gasteiger partial charge in [-0.3, -0.25) is 24.0 Å². The van der Waals surface area contributed by atoms with Gasteiger partial charge in [0.2, 0.25) is 23.6 Å². The maximum atomic E-state index is 12.0. The van der Waals surface area contributed by atoms with Crippen LogP contribution >= 0.6 is 12.6 Å². The number of aliphatic carboxylic acids is 1. The third-order valence-electron chi connectivity index (χ3n) is 2.74. The van der Waals surface area contributed by atoms with Crippen LogP contribution in [0.4, 0.5) is 0 Å². The molecule has 0 saturated heterocycles. The zero-order valence-corrected chi connectivity index (χ0v) is 13.8. The molecule has 3 unspecified atom stereocenters. The Morgan fingerprint density at radius 1 is 1.08 bits per heavy atom. The molecule has 0 aliphatic heterocycles. The first kappa shape index (κ1) is 21.7. The molecular weight excluding hydrogens is 342 g/mol. The van der Waals surface area contributed by atoms with Gasteiger partial charge in [0.15, 0.2) is 0 Å². The van der Waals surface area contributed by atoms with Crippen LogP contribution in [-0.4, -0.2) is 65.1 Å². The van der Waals surface area contributed by atoms with E-state index < -0.39 is 60.7 Å². The molecule has 11 nitrogen and oxygen atoms in total. The second-order valence-corrected chi connectivity index (χ2v) is 5.23. The molecule has 0 radical (unpaired) electrons. The fourth-order valence-electron chi connectivity index (χ4n) is 1.46. The highest BCUT2D eigenvalue weighted by Crippen LogP contribution is 1.95. The Kier molecular flexibility index (Phi) is 9.42. The molecule has 4 amide bonds. The largest absolute Gasteiger partial charge is 0.480 e. The zero-order chi connectivity index (χ0) is 18.9. The number of carbonyl (C=O) groups excluding carboxylic acids is 4. The molecule has 0 saturated carbocycles. The SMILES string of the molecule is CC(NC(=O)C(N)CS)C(=O)NC(CC(N)=O)C(=O)NCC(=O)O. The molecule has 0 spiro atoms. The summed E-state index contributed by atoms with van der Waals surface area (Å²) in [5.74, 6) is -4.38. The molecule has 0 bridgehead atoms. The summed E-state index contributed by atoms with van der Waals surface area (Å²) < 4.78 is 0. The van der Waals surface area contributed by atoms with Crippen LogP contribution in [-0.2, 0) is 24.0 Å². The Hall–Kier alpha value is -2.34. The molecular formula is C12H21N5O6S. The van der Waals surface area contributed by atoms with Gasteiger partial charge in [0.05, 0.1) is 12.5 Å². The van der Waals surface area contributed by atoms with Crippen LogP contribution in [0.15, 0.2) is 0 Å². The number of nitrogens with two attached hydrogens (primary N) is 2. The molecule has 0 fully saturated rings. The molecule has 0 aliphatic carbocycles. The summed E-state index contributed by atoms with van der Waals surface area (Å²) in [6.07, 6.45) is -0.534. The molecule has 0 heterocycles. The Labute approximate surface area is 143 Å². The van der Waals surface area contributed by atoms with E-state index in [1.165, 1.54) is 6.92 Å². The van der Waals surface area contributed by atoms with E-state index in [1.807, 2.05) is 5.32 Å². The van der Waals surface area contributed by atoms with E-state index in [0.29, 0.717) is 0 Å². The summed E-state index contributed by atoms with van der Waals surface area (Å²) >= 11 is 3.85. The topological polar surface area (TPSA) is 194 Å². The van der Waals surface area contributed by atoms with E-state index in [2.05, 4.69) is 23.3 Å².